The number of nitrogens with zero attached hydrogens (tertiary/aromatic N) is 3. The van der Waals surface area contributed by atoms with Gasteiger partial charge in [-0.05, 0) is 50.5 Å². The molecule has 3 rings (SSSR count). The Kier molecular flexibility index (Phi) is 10.2. The number of benzene rings is 1. The first kappa shape index (κ1) is 25.1. The second kappa shape index (κ2) is 12.6. The lowest BCUT2D eigenvalue weighted by molar-refractivity contribution is -0.0504. The SMILES string of the molecule is CCNC(=NCc1ccnc(N2CCCC2)c1)NCc1cc(C)ccc1OC(F)F.I. The summed E-state index contributed by atoms with van der Waals surface area (Å²) in [5, 5.41) is 6.40. The molecule has 0 aliphatic carbocycles. The van der Waals surface area contributed by atoms with E-state index in [2.05, 4.69) is 36.3 Å². The Morgan fingerprint density at radius 2 is 1.97 bits per heavy atom. The van der Waals surface area contributed by atoms with Crippen molar-refractivity contribution in [3.05, 3.63) is 53.2 Å². The van der Waals surface area contributed by atoms with Crippen LogP contribution >= 0.6 is 24.0 Å². The molecule has 1 aliphatic heterocycles. The number of rotatable bonds is 8. The summed E-state index contributed by atoms with van der Waals surface area (Å²) in [4.78, 5) is 11.4. The van der Waals surface area contributed by atoms with E-state index in [1.165, 1.54) is 12.8 Å². The largest absolute Gasteiger partial charge is 0.434 e. The van der Waals surface area contributed by atoms with Gasteiger partial charge < -0.3 is 20.3 Å². The Labute approximate surface area is 199 Å². The van der Waals surface area contributed by atoms with Crippen LogP contribution in [0.2, 0.25) is 0 Å². The van der Waals surface area contributed by atoms with Gasteiger partial charge in [0.1, 0.15) is 11.6 Å². The highest BCUT2D eigenvalue weighted by Gasteiger charge is 2.14. The van der Waals surface area contributed by atoms with E-state index in [1.807, 2.05) is 32.2 Å². The molecule has 1 fully saturated rings. The van der Waals surface area contributed by atoms with E-state index in [-0.39, 0.29) is 29.7 Å². The molecule has 6 nitrogen and oxygen atoms in total. The average molecular weight is 545 g/mol. The summed E-state index contributed by atoms with van der Waals surface area (Å²) in [6.45, 7) is 4.63. The summed E-state index contributed by atoms with van der Waals surface area (Å²) in [5.41, 5.74) is 2.70. The zero-order valence-electron chi connectivity index (χ0n) is 17.9. The zero-order chi connectivity index (χ0) is 21.3. The second-order valence-electron chi connectivity index (χ2n) is 7.25. The maximum Gasteiger partial charge on any atom is 0.387 e. The molecule has 0 atom stereocenters. The maximum absolute atomic E-state index is 12.7. The molecular formula is C22H30F2IN5O. The number of aromatic nitrogens is 1. The molecule has 0 unspecified atom stereocenters. The second-order valence-corrected chi connectivity index (χ2v) is 7.25. The van der Waals surface area contributed by atoms with Crippen molar-refractivity contribution >= 4 is 35.8 Å². The quantitative estimate of drug-likeness (QED) is 0.292. The van der Waals surface area contributed by atoms with E-state index >= 15 is 0 Å². The average Bonchev–Trinajstić information content (AvgIpc) is 3.27. The van der Waals surface area contributed by atoms with Gasteiger partial charge in [-0.25, -0.2) is 9.98 Å². The number of alkyl halides is 2. The molecule has 0 radical (unpaired) electrons. The minimum Gasteiger partial charge on any atom is -0.434 e. The fourth-order valence-electron chi connectivity index (χ4n) is 3.43. The smallest absolute Gasteiger partial charge is 0.387 e. The lowest BCUT2D eigenvalue weighted by Gasteiger charge is -2.17. The number of aryl methyl sites for hydroxylation is 1. The number of hydrogen-bond donors (Lipinski definition) is 2. The molecule has 2 heterocycles. The van der Waals surface area contributed by atoms with Gasteiger partial charge in [0.15, 0.2) is 5.96 Å². The van der Waals surface area contributed by atoms with Gasteiger partial charge >= 0.3 is 6.61 Å². The lowest BCUT2D eigenvalue weighted by atomic mass is 10.1. The number of pyridine rings is 1. The summed E-state index contributed by atoms with van der Waals surface area (Å²) < 4.78 is 30.0. The molecule has 1 saturated heterocycles. The fourth-order valence-corrected chi connectivity index (χ4v) is 3.43. The molecule has 170 valence electrons. The maximum atomic E-state index is 12.7. The number of hydrogen-bond acceptors (Lipinski definition) is 4. The van der Waals surface area contributed by atoms with E-state index in [0.29, 0.717) is 31.2 Å². The molecule has 0 amide bonds. The summed E-state index contributed by atoms with van der Waals surface area (Å²) in [7, 11) is 0. The highest BCUT2D eigenvalue weighted by atomic mass is 127. The highest BCUT2D eigenvalue weighted by Crippen LogP contribution is 2.22. The van der Waals surface area contributed by atoms with Crippen molar-refractivity contribution in [2.75, 3.05) is 24.5 Å². The molecule has 31 heavy (non-hydrogen) atoms. The normalized spacial score (nSPS) is 13.8. The molecule has 1 aromatic carbocycles. The van der Waals surface area contributed by atoms with Gasteiger partial charge in [0, 0.05) is 37.9 Å². The Bertz CT molecular complexity index is 860. The molecule has 2 N–H and O–H groups in total. The molecule has 0 bridgehead atoms. The van der Waals surface area contributed by atoms with Gasteiger partial charge in [0.05, 0.1) is 6.54 Å². The molecular weight excluding hydrogens is 515 g/mol. The van der Waals surface area contributed by atoms with E-state index in [1.54, 1.807) is 12.1 Å². The summed E-state index contributed by atoms with van der Waals surface area (Å²) in [5.74, 6) is 1.77. The van der Waals surface area contributed by atoms with Crippen LogP contribution in [0.1, 0.15) is 36.5 Å². The van der Waals surface area contributed by atoms with Crippen LogP contribution < -0.4 is 20.3 Å². The third-order valence-electron chi connectivity index (χ3n) is 4.88. The number of ether oxygens (including phenoxy) is 1. The van der Waals surface area contributed by atoms with Crippen molar-refractivity contribution in [2.45, 2.75) is 46.4 Å². The Morgan fingerprint density at radius 3 is 2.68 bits per heavy atom. The van der Waals surface area contributed by atoms with Crippen molar-refractivity contribution in [1.29, 1.82) is 0 Å². The Hall–Kier alpha value is -2.17. The van der Waals surface area contributed by atoms with E-state index in [4.69, 9.17) is 0 Å². The van der Waals surface area contributed by atoms with Crippen LogP contribution in [-0.2, 0) is 13.1 Å². The zero-order valence-corrected chi connectivity index (χ0v) is 20.2. The lowest BCUT2D eigenvalue weighted by Crippen LogP contribution is -2.37. The van der Waals surface area contributed by atoms with Gasteiger partial charge in [-0.15, -0.1) is 24.0 Å². The van der Waals surface area contributed by atoms with Gasteiger partial charge in [-0.1, -0.05) is 17.7 Å². The Morgan fingerprint density at radius 1 is 1.19 bits per heavy atom. The number of guanidine groups is 1. The van der Waals surface area contributed by atoms with Crippen molar-refractivity contribution in [1.82, 2.24) is 15.6 Å². The van der Waals surface area contributed by atoms with Gasteiger partial charge in [-0.2, -0.15) is 8.78 Å². The van der Waals surface area contributed by atoms with Crippen LogP contribution in [0.25, 0.3) is 0 Å². The van der Waals surface area contributed by atoms with Crippen molar-refractivity contribution < 1.29 is 13.5 Å². The molecule has 2 aromatic rings. The molecule has 9 heteroatoms. The van der Waals surface area contributed by atoms with Crippen molar-refractivity contribution in [3.8, 4) is 5.75 Å². The first-order chi connectivity index (χ1) is 14.5. The predicted molar refractivity (Wildman–Crippen MR) is 131 cm³/mol. The number of aliphatic imine (C=N–C) groups is 1. The van der Waals surface area contributed by atoms with Crippen LogP contribution in [0.4, 0.5) is 14.6 Å². The van der Waals surface area contributed by atoms with Crippen LogP contribution in [0.5, 0.6) is 5.75 Å². The van der Waals surface area contributed by atoms with Crippen LogP contribution in [0.15, 0.2) is 41.5 Å². The summed E-state index contributed by atoms with van der Waals surface area (Å²) in [6.07, 6.45) is 4.23. The third-order valence-corrected chi connectivity index (χ3v) is 4.88. The van der Waals surface area contributed by atoms with Gasteiger partial charge in [-0.3, -0.25) is 0 Å². The standard InChI is InChI=1S/C22H29F2N5O.HI/c1-3-25-22(28-15-18-12-16(2)6-7-19(18)30-21(23)24)27-14-17-8-9-26-20(13-17)29-10-4-5-11-29;/h6-9,12-13,21H,3-5,10-11,14-15H2,1-2H3,(H2,25,27,28);1H. The summed E-state index contributed by atoms with van der Waals surface area (Å²) >= 11 is 0. The number of nitrogens with one attached hydrogen (secondary N) is 2. The van der Waals surface area contributed by atoms with Crippen LogP contribution in [-0.4, -0.2) is 37.2 Å². The van der Waals surface area contributed by atoms with Crippen molar-refractivity contribution in [2.24, 2.45) is 4.99 Å². The number of halogens is 3. The van der Waals surface area contributed by atoms with Gasteiger partial charge in [0.2, 0.25) is 0 Å². The van der Waals surface area contributed by atoms with Crippen LogP contribution in [0, 0.1) is 6.92 Å². The minimum absolute atomic E-state index is 0. The first-order valence-electron chi connectivity index (χ1n) is 10.3. The van der Waals surface area contributed by atoms with E-state index in [9.17, 15) is 8.78 Å². The predicted octanol–water partition coefficient (Wildman–Crippen LogP) is 4.46. The highest BCUT2D eigenvalue weighted by molar-refractivity contribution is 14.0. The van der Waals surface area contributed by atoms with Crippen molar-refractivity contribution in [3.63, 3.8) is 0 Å². The molecule has 0 saturated carbocycles. The van der Waals surface area contributed by atoms with Crippen LogP contribution in [0.3, 0.4) is 0 Å². The Balaban J connectivity index is 0.00000341. The number of anilines is 1. The topological polar surface area (TPSA) is 61.8 Å². The monoisotopic (exact) mass is 545 g/mol. The van der Waals surface area contributed by atoms with E-state index < -0.39 is 6.61 Å². The fraction of sp³-hybridized carbons (Fsp3) is 0.455. The minimum atomic E-state index is -2.86. The molecule has 1 aromatic heterocycles. The third kappa shape index (κ3) is 7.79. The first-order valence-corrected chi connectivity index (χ1v) is 10.3. The summed E-state index contributed by atoms with van der Waals surface area (Å²) in [6, 6.07) is 9.19. The molecule has 1 aliphatic rings. The van der Waals surface area contributed by atoms with E-state index in [0.717, 1.165) is 30.0 Å². The molecule has 0 spiro atoms. The van der Waals surface area contributed by atoms with Gasteiger partial charge in [0.25, 0.3) is 0 Å².